The van der Waals surface area contributed by atoms with Crippen LogP contribution >= 0.6 is 22.6 Å². The molecule has 6 heteroatoms. The average Bonchev–Trinajstić information content (AvgIpc) is 2.24. The van der Waals surface area contributed by atoms with Crippen LogP contribution in [0.3, 0.4) is 0 Å². The van der Waals surface area contributed by atoms with Crippen molar-refractivity contribution >= 4 is 22.6 Å². The van der Waals surface area contributed by atoms with E-state index in [2.05, 4.69) is 9.97 Å². The number of H-pyrrole nitrogens is 1. The Bertz CT molecular complexity index is 353. The van der Waals surface area contributed by atoms with Crippen molar-refractivity contribution in [3.05, 3.63) is 20.3 Å². The normalized spacial score (nSPS) is 10.3. The number of rotatable bonds is 6. The molecule has 0 saturated carbocycles. The Hall–Kier alpha value is -0.630. The van der Waals surface area contributed by atoms with Gasteiger partial charge in [0.1, 0.15) is 10.2 Å². The first kappa shape index (κ1) is 12.4. The van der Waals surface area contributed by atoms with Crippen LogP contribution in [0.5, 0.6) is 5.88 Å². The Balaban J connectivity index is 2.38. The van der Waals surface area contributed by atoms with Gasteiger partial charge >= 0.3 is 0 Å². The minimum absolute atomic E-state index is 0.185. The average molecular weight is 324 g/mol. The molecule has 1 aromatic rings. The highest BCUT2D eigenvalue weighted by atomic mass is 127. The third kappa shape index (κ3) is 4.17. The van der Waals surface area contributed by atoms with Gasteiger partial charge in [0.2, 0.25) is 5.88 Å². The van der Waals surface area contributed by atoms with Crippen molar-refractivity contribution in [1.29, 1.82) is 0 Å². The van der Waals surface area contributed by atoms with E-state index < -0.39 is 0 Å². The lowest BCUT2D eigenvalue weighted by Crippen LogP contribution is -2.15. The monoisotopic (exact) mass is 324 g/mol. The maximum absolute atomic E-state index is 11.2. The fourth-order valence-electron chi connectivity index (χ4n) is 0.911. The summed E-state index contributed by atoms with van der Waals surface area (Å²) in [5, 5.41) is 0. The fraction of sp³-hybridized carbons (Fsp3) is 0.556. The van der Waals surface area contributed by atoms with Crippen LogP contribution in [0.2, 0.25) is 0 Å². The minimum atomic E-state index is -0.185. The van der Waals surface area contributed by atoms with E-state index in [-0.39, 0.29) is 5.56 Å². The van der Waals surface area contributed by atoms with E-state index in [4.69, 9.17) is 9.47 Å². The molecule has 0 atom stereocenters. The molecule has 1 heterocycles. The molecule has 1 N–H and O–H groups in total. The molecular formula is C9H13IN2O3. The Morgan fingerprint density at radius 3 is 3.00 bits per heavy atom. The summed E-state index contributed by atoms with van der Waals surface area (Å²) in [7, 11) is 0. The van der Waals surface area contributed by atoms with E-state index in [0.29, 0.717) is 22.7 Å². The summed E-state index contributed by atoms with van der Waals surface area (Å²) in [5.74, 6) is 0.361. The highest BCUT2D eigenvalue weighted by molar-refractivity contribution is 14.1. The standard InChI is InChI=1S/C9H13IN2O3/c1-2-3-14-4-5-15-9-7(10)8(13)11-6-12-9/h6H,2-5H2,1H3,(H,11,12,13). The SMILES string of the molecule is CCCOCCOc1nc[nH]c(=O)c1I. The van der Waals surface area contributed by atoms with Gasteiger partial charge in [-0.15, -0.1) is 0 Å². The van der Waals surface area contributed by atoms with Crippen molar-refractivity contribution in [3.63, 3.8) is 0 Å². The zero-order valence-corrected chi connectivity index (χ0v) is 10.6. The number of halogens is 1. The number of nitrogens with zero attached hydrogens (tertiary/aromatic N) is 1. The van der Waals surface area contributed by atoms with Crippen LogP contribution < -0.4 is 10.3 Å². The maximum atomic E-state index is 11.2. The van der Waals surface area contributed by atoms with Crippen molar-refractivity contribution in [3.8, 4) is 5.88 Å². The molecule has 1 aromatic heterocycles. The van der Waals surface area contributed by atoms with Crippen molar-refractivity contribution in [2.24, 2.45) is 0 Å². The lowest BCUT2D eigenvalue weighted by atomic mass is 10.5. The second-order valence-corrected chi connectivity index (χ2v) is 3.89. The van der Waals surface area contributed by atoms with Crippen LogP contribution in [-0.2, 0) is 4.74 Å². The highest BCUT2D eigenvalue weighted by Gasteiger charge is 2.05. The molecule has 0 aliphatic carbocycles. The van der Waals surface area contributed by atoms with Gasteiger partial charge in [0.25, 0.3) is 5.56 Å². The number of aromatic amines is 1. The van der Waals surface area contributed by atoms with Crippen LogP contribution in [0.1, 0.15) is 13.3 Å². The van der Waals surface area contributed by atoms with Crippen molar-refractivity contribution in [2.45, 2.75) is 13.3 Å². The van der Waals surface area contributed by atoms with Gasteiger partial charge in [-0.05, 0) is 29.0 Å². The first-order valence-electron chi connectivity index (χ1n) is 4.69. The summed E-state index contributed by atoms with van der Waals surface area (Å²) < 4.78 is 11.0. The molecule has 0 fully saturated rings. The smallest absolute Gasteiger partial charge is 0.268 e. The van der Waals surface area contributed by atoms with Gasteiger partial charge in [-0.2, -0.15) is 0 Å². The predicted molar refractivity (Wildman–Crippen MR) is 64.2 cm³/mol. The quantitative estimate of drug-likeness (QED) is 0.630. The van der Waals surface area contributed by atoms with Crippen molar-refractivity contribution < 1.29 is 9.47 Å². The molecular weight excluding hydrogens is 311 g/mol. The molecule has 84 valence electrons. The fourth-order valence-corrected chi connectivity index (χ4v) is 1.36. The number of hydrogen-bond acceptors (Lipinski definition) is 4. The molecule has 0 radical (unpaired) electrons. The summed E-state index contributed by atoms with van der Waals surface area (Å²) >= 11 is 1.90. The Labute approximate surface area is 101 Å². The van der Waals surface area contributed by atoms with Crippen molar-refractivity contribution in [2.75, 3.05) is 19.8 Å². The van der Waals surface area contributed by atoms with Gasteiger partial charge in [0.05, 0.1) is 12.9 Å². The van der Waals surface area contributed by atoms with Crippen LogP contribution in [0.4, 0.5) is 0 Å². The molecule has 0 unspecified atom stereocenters. The molecule has 0 aliphatic heterocycles. The third-order valence-electron chi connectivity index (χ3n) is 1.58. The first-order valence-corrected chi connectivity index (χ1v) is 5.77. The predicted octanol–water partition coefficient (Wildman–Crippen LogP) is 1.18. The molecule has 15 heavy (non-hydrogen) atoms. The summed E-state index contributed by atoms with van der Waals surface area (Å²) in [6.45, 7) is 3.69. The molecule has 0 saturated heterocycles. The van der Waals surface area contributed by atoms with Crippen LogP contribution in [0.15, 0.2) is 11.1 Å². The molecule has 0 aromatic carbocycles. The van der Waals surface area contributed by atoms with Gasteiger partial charge in [-0.25, -0.2) is 4.98 Å². The number of nitrogens with one attached hydrogen (secondary N) is 1. The lowest BCUT2D eigenvalue weighted by molar-refractivity contribution is 0.0985. The van der Waals surface area contributed by atoms with Crippen LogP contribution in [-0.4, -0.2) is 29.8 Å². The summed E-state index contributed by atoms with van der Waals surface area (Å²) in [4.78, 5) is 17.5. The van der Waals surface area contributed by atoms with E-state index in [1.54, 1.807) is 0 Å². The number of hydrogen-bond donors (Lipinski definition) is 1. The molecule has 0 spiro atoms. The Morgan fingerprint density at radius 2 is 2.27 bits per heavy atom. The summed E-state index contributed by atoms with van der Waals surface area (Å²) in [5.41, 5.74) is -0.185. The maximum Gasteiger partial charge on any atom is 0.268 e. The van der Waals surface area contributed by atoms with E-state index in [9.17, 15) is 4.79 Å². The molecule has 0 aliphatic rings. The van der Waals surface area contributed by atoms with Gasteiger partial charge in [0.15, 0.2) is 0 Å². The van der Waals surface area contributed by atoms with E-state index >= 15 is 0 Å². The zero-order chi connectivity index (χ0) is 11.1. The second kappa shape index (κ2) is 6.78. The van der Waals surface area contributed by atoms with Gasteiger partial charge in [0, 0.05) is 6.61 Å². The molecule has 0 bridgehead atoms. The van der Waals surface area contributed by atoms with E-state index in [0.717, 1.165) is 13.0 Å². The van der Waals surface area contributed by atoms with Gasteiger partial charge in [-0.1, -0.05) is 6.92 Å². The van der Waals surface area contributed by atoms with Gasteiger partial charge in [-0.3, -0.25) is 4.79 Å². The van der Waals surface area contributed by atoms with Crippen LogP contribution in [0, 0.1) is 3.57 Å². The molecule has 0 amide bonds. The molecule has 1 rings (SSSR count). The van der Waals surface area contributed by atoms with Gasteiger partial charge < -0.3 is 14.5 Å². The zero-order valence-electron chi connectivity index (χ0n) is 8.46. The highest BCUT2D eigenvalue weighted by Crippen LogP contribution is 2.10. The third-order valence-corrected chi connectivity index (χ3v) is 2.53. The second-order valence-electron chi connectivity index (χ2n) is 2.81. The van der Waals surface area contributed by atoms with Crippen molar-refractivity contribution in [1.82, 2.24) is 9.97 Å². The first-order chi connectivity index (χ1) is 7.25. The Kier molecular flexibility index (Phi) is 5.62. The Morgan fingerprint density at radius 1 is 1.47 bits per heavy atom. The lowest BCUT2D eigenvalue weighted by Gasteiger charge is -2.06. The van der Waals surface area contributed by atoms with E-state index in [1.165, 1.54) is 6.33 Å². The summed E-state index contributed by atoms with van der Waals surface area (Å²) in [6, 6.07) is 0. The van der Waals surface area contributed by atoms with Crippen LogP contribution in [0.25, 0.3) is 0 Å². The molecule has 5 nitrogen and oxygen atoms in total. The summed E-state index contributed by atoms with van der Waals surface area (Å²) in [6.07, 6.45) is 2.31. The number of aromatic nitrogens is 2. The minimum Gasteiger partial charge on any atom is -0.474 e. The largest absolute Gasteiger partial charge is 0.474 e. The van der Waals surface area contributed by atoms with E-state index in [1.807, 2.05) is 29.5 Å². The number of ether oxygens (including phenoxy) is 2. The topological polar surface area (TPSA) is 64.2 Å².